The SMILES string of the molecule is CCCCCOc1cccc(C(CN)N2CCCC(C)C2)c1. The normalized spacial score (nSPS) is 20.8. The topological polar surface area (TPSA) is 38.5 Å². The Balaban J connectivity index is 1.99. The Morgan fingerprint density at radius 2 is 2.23 bits per heavy atom. The molecule has 124 valence electrons. The van der Waals surface area contributed by atoms with Crippen molar-refractivity contribution in [3.8, 4) is 5.75 Å². The summed E-state index contributed by atoms with van der Waals surface area (Å²) in [6, 6.07) is 8.85. The van der Waals surface area contributed by atoms with Gasteiger partial charge in [0.1, 0.15) is 5.75 Å². The van der Waals surface area contributed by atoms with Gasteiger partial charge in [-0.25, -0.2) is 0 Å². The molecule has 0 aromatic heterocycles. The number of ether oxygens (including phenoxy) is 1. The Labute approximate surface area is 135 Å². The van der Waals surface area contributed by atoms with Crippen LogP contribution in [0.15, 0.2) is 24.3 Å². The lowest BCUT2D eigenvalue weighted by Crippen LogP contribution is -2.40. The third-order valence-corrected chi connectivity index (χ3v) is 4.61. The van der Waals surface area contributed by atoms with E-state index >= 15 is 0 Å². The Hall–Kier alpha value is -1.06. The maximum atomic E-state index is 6.09. The van der Waals surface area contributed by atoms with E-state index in [4.69, 9.17) is 10.5 Å². The Kier molecular flexibility index (Phi) is 7.20. The quantitative estimate of drug-likeness (QED) is 0.738. The lowest BCUT2D eigenvalue weighted by molar-refractivity contribution is 0.133. The summed E-state index contributed by atoms with van der Waals surface area (Å²) in [5.74, 6) is 1.76. The number of hydrogen-bond acceptors (Lipinski definition) is 3. The number of unbranched alkanes of at least 4 members (excludes halogenated alkanes) is 2. The van der Waals surface area contributed by atoms with Gasteiger partial charge in [-0.3, -0.25) is 4.90 Å². The van der Waals surface area contributed by atoms with Gasteiger partial charge in [-0.05, 0) is 49.4 Å². The van der Waals surface area contributed by atoms with Crippen molar-refractivity contribution >= 4 is 0 Å². The molecule has 3 heteroatoms. The Bertz CT molecular complexity index is 435. The lowest BCUT2D eigenvalue weighted by atomic mass is 9.96. The van der Waals surface area contributed by atoms with Crippen LogP contribution in [0, 0.1) is 5.92 Å². The third-order valence-electron chi connectivity index (χ3n) is 4.61. The van der Waals surface area contributed by atoms with Gasteiger partial charge in [0.25, 0.3) is 0 Å². The van der Waals surface area contributed by atoms with Crippen molar-refractivity contribution < 1.29 is 4.74 Å². The Morgan fingerprint density at radius 3 is 2.95 bits per heavy atom. The van der Waals surface area contributed by atoms with E-state index in [1.54, 1.807) is 0 Å². The molecule has 0 bridgehead atoms. The molecule has 0 radical (unpaired) electrons. The molecule has 1 heterocycles. The maximum absolute atomic E-state index is 6.09. The first-order valence-corrected chi connectivity index (χ1v) is 8.91. The minimum Gasteiger partial charge on any atom is -0.494 e. The fourth-order valence-corrected chi connectivity index (χ4v) is 3.36. The van der Waals surface area contributed by atoms with Crippen molar-refractivity contribution in [2.75, 3.05) is 26.2 Å². The maximum Gasteiger partial charge on any atom is 0.119 e. The molecule has 1 aliphatic heterocycles. The van der Waals surface area contributed by atoms with Crippen LogP contribution in [0.4, 0.5) is 0 Å². The highest BCUT2D eigenvalue weighted by Crippen LogP contribution is 2.28. The predicted octanol–water partition coefficient (Wildman–Crippen LogP) is 3.99. The number of rotatable bonds is 8. The van der Waals surface area contributed by atoms with E-state index in [2.05, 4.69) is 43.0 Å². The average Bonchev–Trinajstić information content (AvgIpc) is 2.53. The van der Waals surface area contributed by atoms with Crippen molar-refractivity contribution in [3.05, 3.63) is 29.8 Å². The average molecular weight is 304 g/mol. The van der Waals surface area contributed by atoms with E-state index < -0.39 is 0 Å². The van der Waals surface area contributed by atoms with Crippen molar-refractivity contribution in [2.45, 2.75) is 52.0 Å². The van der Waals surface area contributed by atoms with Crippen molar-refractivity contribution in [1.82, 2.24) is 4.90 Å². The van der Waals surface area contributed by atoms with Gasteiger partial charge in [0.05, 0.1) is 6.61 Å². The largest absolute Gasteiger partial charge is 0.494 e. The summed E-state index contributed by atoms with van der Waals surface area (Å²) in [7, 11) is 0. The summed E-state index contributed by atoms with van der Waals surface area (Å²) in [6.07, 6.45) is 6.21. The fraction of sp³-hybridized carbons (Fsp3) is 0.684. The molecule has 1 saturated heterocycles. The number of hydrogen-bond donors (Lipinski definition) is 1. The van der Waals surface area contributed by atoms with Crippen LogP contribution in [0.2, 0.25) is 0 Å². The highest BCUT2D eigenvalue weighted by atomic mass is 16.5. The van der Waals surface area contributed by atoms with Gasteiger partial charge in [-0.2, -0.15) is 0 Å². The highest BCUT2D eigenvalue weighted by Gasteiger charge is 2.24. The summed E-state index contributed by atoms with van der Waals surface area (Å²) in [4.78, 5) is 2.55. The molecule has 0 saturated carbocycles. The van der Waals surface area contributed by atoms with Gasteiger partial charge in [0, 0.05) is 19.1 Å². The molecular weight excluding hydrogens is 272 g/mol. The van der Waals surface area contributed by atoms with Crippen LogP contribution >= 0.6 is 0 Å². The number of likely N-dealkylation sites (tertiary alicyclic amines) is 1. The second kappa shape index (κ2) is 9.16. The molecule has 2 N–H and O–H groups in total. The predicted molar refractivity (Wildman–Crippen MR) is 93.2 cm³/mol. The summed E-state index contributed by atoms with van der Waals surface area (Å²) in [6.45, 7) is 8.35. The van der Waals surface area contributed by atoms with Crippen LogP contribution < -0.4 is 10.5 Å². The second-order valence-electron chi connectivity index (χ2n) is 6.62. The molecule has 1 aromatic rings. The van der Waals surface area contributed by atoms with Crippen molar-refractivity contribution in [3.63, 3.8) is 0 Å². The van der Waals surface area contributed by atoms with Crippen LogP contribution in [0.1, 0.15) is 57.6 Å². The van der Waals surface area contributed by atoms with E-state index in [1.165, 1.54) is 31.2 Å². The first kappa shape index (κ1) is 17.3. The number of nitrogens with zero attached hydrogens (tertiary/aromatic N) is 1. The van der Waals surface area contributed by atoms with Crippen molar-refractivity contribution in [2.24, 2.45) is 11.7 Å². The number of nitrogens with two attached hydrogens (primary N) is 1. The minimum absolute atomic E-state index is 0.321. The van der Waals surface area contributed by atoms with E-state index in [0.717, 1.165) is 37.8 Å². The molecule has 1 aliphatic rings. The molecule has 0 amide bonds. The van der Waals surface area contributed by atoms with Gasteiger partial charge < -0.3 is 10.5 Å². The molecule has 2 rings (SSSR count). The summed E-state index contributed by atoms with van der Waals surface area (Å²) < 4.78 is 5.89. The molecule has 2 atom stereocenters. The lowest BCUT2D eigenvalue weighted by Gasteiger charge is -2.37. The third kappa shape index (κ3) is 4.99. The zero-order valence-electron chi connectivity index (χ0n) is 14.3. The highest BCUT2D eigenvalue weighted by molar-refractivity contribution is 5.31. The molecule has 0 spiro atoms. The summed E-state index contributed by atoms with van der Waals surface area (Å²) in [5.41, 5.74) is 7.38. The zero-order chi connectivity index (χ0) is 15.8. The first-order valence-electron chi connectivity index (χ1n) is 8.91. The van der Waals surface area contributed by atoms with E-state index in [-0.39, 0.29) is 0 Å². The standard InChI is InChI=1S/C19H32N2O/c1-3-4-5-12-22-18-10-6-9-17(13-18)19(14-20)21-11-7-8-16(2)15-21/h6,9-10,13,16,19H,3-5,7-8,11-12,14-15,20H2,1-2H3. The molecule has 1 aromatic carbocycles. The smallest absolute Gasteiger partial charge is 0.119 e. The van der Waals surface area contributed by atoms with Crippen LogP contribution in [-0.2, 0) is 0 Å². The van der Waals surface area contributed by atoms with E-state index in [0.29, 0.717) is 12.6 Å². The summed E-state index contributed by atoms with van der Waals surface area (Å²) in [5, 5.41) is 0. The van der Waals surface area contributed by atoms with Crippen LogP contribution in [0.5, 0.6) is 5.75 Å². The molecule has 3 nitrogen and oxygen atoms in total. The minimum atomic E-state index is 0.321. The first-order chi connectivity index (χ1) is 10.7. The number of piperidine rings is 1. The van der Waals surface area contributed by atoms with E-state index in [9.17, 15) is 0 Å². The molecular formula is C19H32N2O. The summed E-state index contributed by atoms with van der Waals surface area (Å²) >= 11 is 0. The van der Waals surface area contributed by atoms with Gasteiger partial charge in [0.15, 0.2) is 0 Å². The molecule has 0 aliphatic carbocycles. The van der Waals surface area contributed by atoms with Crippen LogP contribution in [-0.4, -0.2) is 31.1 Å². The van der Waals surface area contributed by atoms with Crippen LogP contribution in [0.25, 0.3) is 0 Å². The van der Waals surface area contributed by atoms with Gasteiger partial charge >= 0.3 is 0 Å². The zero-order valence-corrected chi connectivity index (χ0v) is 14.3. The monoisotopic (exact) mass is 304 g/mol. The molecule has 2 unspecified atom stereocenters. The van der Waals surface area contributed by atoms with Gasteiger partial charge in [-0.15, -0.1) is 0 Å². The Morgan fingerprint density at radius 1 is 1.36 bits per heavy atom. The fourth-order valence-electron chi connectivity index (χ4n) is 3.36. The van der Waals surface area contributed by atoms with Gasteiger partial charge in [-0.1, -0.05) is 38.8 Å². The molecule has 1 fully saturated rings. The second-order valence-corrected chi connectivity index (χ2v) is 6.62. The number of benzene rings is 1. The van der Waals surface area contributed by atoms with Gasteiger partial charge in [0.2, 0.25) is 0 Å². The van der Waals surface area contributed by atoms with E-state index in [1.807, 2.05) is 0 Å². The van der Waals surface area contributed by atoms with Crippen LogP contribution in [0.3, 0.4) is 0 Å². The molecule has 22 heavy (non-hydrogen) atoms. The van der Waals surface area contributed by atoms with Crippen molar-refractivity contribution in [1.29, 1.82) is 0 Å².